The average Bonchev–Trinajstić information content (AvgIpc) is 2.87. The summed E-state index contributed by atoms with van der Waals surface area (Å²) in [5, 5.41) is 5.58. The molecule has 0 radical (unpaired) electrons. The topological polar surface area (TPSA) is 25.2 Å². The maximum Gasteiger partial charge on any atom is 0.120 e. The van der Waals surface area contributed by atoms with Crippen LogP contribution in [-0.2, 0) is 0 Å². The molecular weight excluding hydrogens is 254 g/mol. The zero-order valence-electron chi connectivity index (χ0n) is 10.2. The molecule has 0 aliphatic heterocycles. The molecule has 0 spiro atoms. The number of nitrogens with one attached hydrogen (secondary N) is 1. The summed E-state index contributed by atoms with van der Waals surface area (Å²) >= 11 is 7.50. The van der Waals surface area contributed by atoms with E-state index in [4.69, 9.17) is 16.0 Å². The zero-order valence-corrected chi connectivity index (χ0v) is 11.7. The second kappa shape index (κ2) is 5.25. The summed E-state index contributed by atoms with van der Waals surface area (Å²) in [5.41, 5.74) is 1.22. The normalized spacial score (nSPS) is 14.8. The van der Waals surface area contributed by atoms with Gasteiger partial charge in [0.2, 0.25) is 0 Å². The minimum absolute atomic E-state index is 0.192. The molecule has 0 aromatic carbocycles. The van der Waals surface area contributed by atoms with E-state index >= 15 is 0 Å². The van der Waals surface area contributed by atoms with Crippen LogP contribution in [0, 0.1) is 6.92 Å². The molecule has 0 amide bonds. The summed E-state index contributed by atoms with van der Waals surface area (Å²) in [7, 11) is 0. The molecule has 2 unspecified atom stereocenters. The van der Waals surface area contributed by atoms with Crippen LogP contribution in [0.15, 0.2) is 28.0 Å². The van der Waals surface area contributed by atoms with E-state index < -0.39 is 0 Å². The van der Waals surface area contributed by atoms with Crippen molar-refractivity contribution in [3.05, 3.63) is 45.0 Å². The van der Waals surface area contributed by atoms with Crippen LogP contribution in [0.3, 0.4) is 0 Å². The minimum Gasteiger partial charge on any atom is -0.465 e. The lowest BCUT2D eigenvalue weighted by Gasteiger charge is -2.17. The lowest BCUT2D eigenvalue weighted by Crippen LogP contribution is -2.21. The number of halogens is 1. The van der Waals surface area contributed by atoms with Crippen LogP contribution in [-0.4, -0.2) is 0 Å². The average molecular weight is 270 g/mol. The Labute approximate surface area is 111 Å². The predicted molar refractivity (Wildman–Crippen MR) is 72.7 cm³/mol. The molecule has 0 saturated heterocycles. The Balaban J connectivity index is 2.01. The lowest BCUT2D eigenvalue weighted by atomic mass is 10.1. The summed E-state index contributed by atoms with van der Waals surface area (Å²) in [6.45, 7) is 6.19. The summed E-state index contributed by atoms with van der Waals surface area (Å²) in [5.74, 6) is 1.91. The Morgan fingerprint density at radius 3 is 2.59 bits per heavy atom. The van der Waals surface area contributed by atoms with Crippen LogP contribution in [0.25, 0.3) is 0 Å². The molecule has 0 fully saturated rings. The Hall–Kier alpha value is -0.770. The van der Waals surface area contributed by atoms with Crippen molar-refractivity contribution in [3.63, 3.8) is 0 Å². The van der Waals surface area contributed by atoms with E-state index in [0.29, 0.717) is 0 Å². The Morgan fingerprint density at radius 1 is 1.29 bits per heavy atom. The summed E-state index contributed by atoms with van der Waals surface area (Å²) in [4.78, 5) is 0. The van der Waals surface area contributed by atoms with Gasteiger partial charge >= 0.3 is 0 Å². The van der Waals surface area contributed by atoms with E-state index in [1.807, 2.05) is 25.1 Å². The van der Waals surface area contributed by atoms with Gasteiger partial charge in [-0.2, -0.15) is 0 Å². The van der Waals surface area contributed by atoms with Crippen LogP contribution < -0.4 is 5.32 Å². The quantitative estimate of drug-likeness (QED) is 0.869. The van der Waals surface area contributed by atoms with Crippen molar-refractivity contribution in [2.45, 2.75) is 32.9 Å². The first kappa shape index (κ1) is 12.7. The molecule has 0 bridgehead atoms. The lowest BCUT2D eigenvalue weighted by molar-refractivity contribution is 0.393. The van der Waals surface area contributed by atoms with Gasteiger partial charge < -0.3 is 9.73 Å². The van der Waals surface area contributed by atoms with Gasteiger partial charge in [-0.05, 0) is 49.9 Å². The van der Waals surface area contributed by atoms with Gasteiger partial charge in [-0.1, -0.05) is 11.6 Å². The van der Waals surface area contributed by atoms with Gasteiger partial charge in [-0.25, -0.2) is 0 Å². The molecule has 2 rings (SSSR count). The molecule has 0 aliphatic carbocycles. The molecule has 2 aromatic rings. The van der Waals surface area contributed by atoms with E-state index in [0.717, 1.165) is 15.9 Å². The summed E-state index contributed by atoms with van der Waals surface area (Å²) in [6, 6.07) is 6.46. The van der Waals surface area contributed by atoms with Gasteiger partial charge in [-0.3, -0.25) is 0 Å². The number of thiophene rings is 1. The van der Waals surface area contributed by atoms with Crippen molar-refractivity contribution in [1.82, 2.24) is 5.32 Å². The monoisotopic (exact) mass is 269 g/mol. The van der Waals surface area contributed by atoms with Crippen molar-refractivity contribution in [1.29, 1.82) is 0 Å². The number of hydrogen-bond donors (Lipinski definition) is 1. The van der Waals surface area contributed by atoms with Gasteiger partial charge in [0.05, 0.1) is 10.4 Å². The highest BCUT2D eigenvalue weighted by Crippen LogP contribution is 2.26. The number of furan rings is 1. The fourth-order valence-electron chi connectivity index (χ4n) is 1.79. The highest BCUT2D eigenvalue weighted by molar-refractivity contribution is 7.14. The van der Waals surface area contributed by atoms with Crippen LogP contribution in [0.1, 0.15) is 43.0 Å². The second-order valence-electron chi connectivity index (χ2n) is 4.24. The van der Waals surface area contributed by atoms with E-state index in [1.165, 1.54) is 5.56 Å². The largest absolute Gasteiger partial charge is 0.465 e. The minimum atomic E-state index is 0.192. The van der Waals surface area contributed by atoms with E-state index in [2.05, 4.69) is 24.5 Å². The fourth-order valence-corrected chi connectivity index (χ4v) is 2.77. The van der Waals surface area contributed by atoms with Gasteiger partial charge in [0.15, 0.2) is 0 Å². The van der Waals surface area contributed by atoms with Crippen molar-refractivity contribution in [3.8, 4) is 0 Å². The number of hydrogen-bond acceptors (Lipinski definition) is 3. The van der Waals surface area contributed by atoms with Crippen molar-refractivity contribution >= 4 is 22.9 Å². The van der Waals surface area contributed by atoms with Gasteiger partial charge in [-0.15, -0.1) is 11.3 Å². The first-order valence-electron chi connectivity index (χ1n) is 5.62. The first-order chi connectivity index (χ1) is 8.06. The predicted octanol–water partition coefficient (Wildman–Crippen LogP) is 4.71. The van der Waals surface area contributed by atoms with E-state index in [1.54, 1.807) is 11.3 Å². The number of rotatable bonds is 4. The maximum atomic E-state index is 5.93. The maximum absolute atomic E-state index is 5.93. The zero-order chi connectivity index (χ0) is 12.4. The standard InChI is InChI=1S/C13H16ClNOS/c1-8-4-5-12(16-8)10(3)15-9(2)11-6-13(14)17-7-11/h4-7,9-10,15H,1-3H3. The molecule has 2 atom stereocenters. The molecule has 2 nitrogen and oxygen atoms in total. The third-order valence-electron chi connectivity index (χ3n) is 2.78. The molecule has 2 aromatic heterocycles. The van der Waals surface area contributed by atoms with Crippen molar-refractivity contribution in [2.24, 2.45) is 0 Å². The Bertz CT molecular complexity index is 447. The molecule has 4 heteroatoms. The van der Waals surface area contributed by atoms with E-state index in [-0.39, 0.29) is 12.1 Å². The fraction of sp³-hybridized carbons (Fsp3) is 0.385. The summed E-state index contributed by atoms with van der Waals surface area (Å²) in [6.07, 6.45) is 0. The first-order valence-corrected chi connectivity index (χ1v) is 6.88. The third-order valence-corrected chi connectivity index (χ3v) is 3.89. The van der Waals surface area contributed by atoms with Crippen LogP contribution in [0.5, 0.6) is 0 Å². The molecular formula is C13H16ClNOS. The van der Waals surface area contributed by atoms with Crippen molar-refractivity contribution in [2.75, 3.05) is 0 Å². The molecule has 17 heavy (non-hydrogen) atoms. The Morgan fingerprint density at radius 2 is 2.06 bits per heavy atom. The molecule has 2 heterocycles. The highest BCUT2D eigenvalue weighted by Gasteiger charge is 2.14. The third kappa shape index (κ3) is 3.12. The molecule has 0 saturated carbocycles. The smallest absolute Gasteiger partial charge is 0.120 e. The van der Waals surface area contributed by atoms with Gasteiger partial charge in [0.1, 0.15) is 11.5 Å². The van der Waals surface area contributed by atoms with Gasteiger partial charge in [0.25, 0.3) is 0 Å². The SMILES string of the molecule is Cc1ccc(C(C)NC(C)c2csc(Cl)c2)o1. The Kier molecular flexibility index (Phi) is 3.92. The number of aryl methyl sites for hydroxylation is 1. The van der Waals surface area contributed by atoms with E-state index in [9.17, 15) is 0 Å². The molecule has 0 aliphatic rings. The van der Waals surface area contributed by atoms with Crippen LogP contribution >= 0.6 is 22.9 Å². The molecule has 92 valence electrons. The van der Waals surface area contributed by atoms with Crippen molar-refractivity contribution < 1.29 is 4.42 Å². The van der Waals surface area contributed by atoms with Crippen LogP contribution in [0.2, 0.25) is 4.34 Å². The second-order valence-corrected chi connectivity index (χ2v) is 5.79. The highest BCUT2D eigenvalue weighted by atomic mass is 35.5. The van der Waals surface area contributed by atoms with Gasteiger partial charge in [0, 0.05) is 6.04 Å². The summed E-state index contributed by atoms with van der Waals surface area (Å²) < 4.78 is 6.43. The van der Waals surface area contributed by atoms with Crippen LogP contribution in [0.4, 0.5) is 0 Å². The molecule has 1 N–H and O–H groups in total.